The SMILES string of the molecule is CC(C)CCCCCCN1CC(C(C)(C)C)NCC1C. The number of nitrogens with zero attached hydrogens (tertiary/aromatic N) is 1. The lowest BCUT2D eigenvalue weighted by Crippen LogP contribution is -2.59. The van der Waals surface area contributed by atoms with Crippen molar-refractivity contribution in [2.75, 3.05) is 19.6 Å². The lowest BCUT2D eigenvalue weighted by atomic mass is 9.84. The zero-order valence-electron chi connectivity index (χ0n) is 14.8. The molecule has 0 bridgehead atoms. The lowest BCUT2D eigenvalue weighted by molar-refractivity contribution is 0.0921. The summed E-state index contributed by atoms with van der Waals surface area (Å²) in [7, 11) is 0. The van der Waals surface area contributed by atoms with Gasteiger partial charge in [0.05, 0.1) is 0 Å². The van der Waals surface area contributed by atoms with Crippen LogP contribution in [0.4, 0.5) is 0 Å². The van der Waals surface area contributed by atoms with E-state index in [2.05, 4.69) is 51.8 Å². The third-order valence-electron chi connectivity index (χ3n) is 4.72. The van der Waals surface area contributed by atoms with Gasteiger partial charge < -0.3 is 5.32 Å². The maximum absolute atomic E-state index is 3.72. The van der Waals surface area contributed by atoms with Crippen molar-refractivity contribution in [1.82, 2.24) is 10.2 Å². The third kappa shape index (κ3) is 6.58. The van der Waals surface area contributed by atoms with Crippen molar-refractivity contribution in [2.24, 2.45) is 11.3 Å². The molecule has 20 heavy (non-hydrogen) atoms. The van der Waals surface area contributed by atoms with Gasteiger partial charge in [0.15, 0.2) is 0 Å². The van der Waals surface area contributed by atoms with Crippen LogP contribution in [-0.2, 0) is 0 Å². The van der Waals surface area contributed by atoms with Crippen molar-refractivity contribution >= 4 is 0 Å². The Labute approximate surface area is 127 Å². The molecule has 1 fully saturated rings. The van der Waals surface area contributed by atoms with Crippen LogP contribution >= 0.6 is 0 Å². The Morgan fingerprint density at radius 3 is 2.35 bits per heavy atom. The molecule has 0 aromatic heterocycles. The molecule has 1 aliphatic heterocycles. The second kappa shape index (κ2) is 8.38. The number of hydrogen-bond acceptors (Lipinski definition) is 2. The van der Waals surface area contributed by atoms with Gasteiger partial charge in [-0.15, -0.1) is 0 Å². The number of hydrogen-bond donors (Lipinski definition) is 1. The molecule has 2 heteroatoms. The van der Waals surface area contributed by atoms with Crippen molar-refractivity contribution in [3.63, 3.8) is 0 Å². The molecule has 1 N–H and O–H groups in total. The molecule has 0 saturated carbocycles. The van der Waals surface area contributed by atoms with Crippen LogP contribution in [0.5, 0.6) is 0 Å². The van der Waals surface area contributed by atoms with Crippen LogP contribution in [-0.4, -0.2) is 36.6 Å². The van der Waals surface area contributed by atoms with Gasteiger partial charge in [-0.1, -0.05) is 60.3 Å². The van der Waals surface area contributed by atoms with E-state index >= 15 is 0 Å². The van der Waals surface area contributed by atoms with E-state index in [0.29, 0.717) is 17.5 Å². The molecule has 1 heterocycles. The van der Waals surface area contributed by atoms with Crippen molar-refractivity contribution in [1.29, 1.82) is 0 Å². The highest BCUT2D eigenvalue weighted by Crippen LogP contribution is 2.23. The van der Waals surface area contributed by atoms with Crippen LogP contribution in [0, 0.1) is 11.3 Å². The van der Waals surface area contributed by atoms with Crippen molar-refractivity contribution < 1.29 is 0 Å². The van der Waals surface area contributed by atoms with Gasteiger partial charge in [-0.05, 0) is 31.2 Å². The Morgan fingerprint density at radius 1 is 1.10 bits per heavy atom. The molecule has 2 nitrogen and oxygen atoms in total. The van der Waals surface area contributed by atoms with Crippen LogP contribution < -0.4 is 5.32 Å². The first-order valence-corrected chi connectivity index (χ1v) is 8.78. The van der Waals surface area contributed by atoms with E-state index in [1.165, 1.54) is 45.2 Å². The molecule has 2 unspecified atom stereocenters. The van der Waals surface area contributed by atoms with E-state index in [4.69, 9.17) is 0 Å². The van der Waals surface area contributed by atoms with Gasteiger partial charge in [0.25, 0.3) is 0 Å². The monoisotopic (exact) mass is 282 g/mol. The Balaban J connectivity index is 2.21. The fourth-order valence-electron chi connectivity index (χ4n) is 3.03. The third-order valence-corrected chi connectivity index (χ3v) is 4.72. The van der Waals surface area contributed by atoms with Gasteiger partial charge >= 0.3 is 0 Å². The summed E-state index contributed by atoms with van der Waals surface area (Å²) in [4.78, 5) is 2.70. The number of piperazine rings is 1. The molecule has 120 valence electrons. The fraction of sp³-hybridized carbons (Fsp3) is 1.00. The maximum Gasteiger partial charge on any atom is 0.0244 e. The molecule has 0 aromatic rings. The highest BCUT2D eigenvalue weighted by Gasteiger charge is 2.31. The van der Waals surface area contributed by atoms with Crippen LogP contribution in [0.1, 0.15) is 73.6 Å². The number of unbranched alkanes of at least 4 members (excludes halogenated alkanes) is 3. The molecule has 0 amide bonds. The van der Waals surface area contributed by atoms with Gasteiger partial charge in [-0.2, -0.15) is 0 Å². The summed E-state index contributed by atoms with van der Waals surface area (Å²) >= 11 is 0. The van der Waals surface area contributed by atoms with Gasteiger partial charge in [0.2, 0.25) is 0 Å². The number of rotatable bonds is 7. The van der Waals surface area contributed by atoms with Crippen molar-refractivity contribution in [2.45, 2.75) is 85.7 Å². The first-order chi connectivity index (χ1) is 9.30. The average molecular weight is 283 g/mol. The fourth-order valence-corrected chi connectivity index (χ4v) is 3.03. The highest BCUT2D eigenvalue weighted by atomic mass is 15.2. The molecule has 1 saturated heterocycles. The Morgan fingerprint density at radius 2 is 1.75 bits per heavy atom. The molecule has 1 aliphatic rings. The second-order valence-electron chi connectivity index (χ2n) is 8.27. The maximum atomic E-state index is 3.72. The van der Waals surface area contributed by atoms with Crippen LogP contribution in [0.2, 0.25) is 0 Å². The molecule has 0 radical (unpaired) electrons. The topological polar surface area (TPSA) is 15.3 Å². The number of nitrogens with one attached hydrogen (secondary N) is 1. The lowest BCUT2D eigenvalue weighted by Gasteiger charge is -2.44. The standard InChI is InChI=1S/C18H38N2/c1-15(2)11-9-7-8-10-12-20-14-17(18(4,5)6)19-13-16(20)3/h15-17,19H,7-14H2,1-6H3. The van der Waals surface area contributed by atoms with Crippen LogP contribution in [0.25, 0.3) is 0 Å². The van der Waals surface area contributed by atoms with E-state index in [0.717, 1.165) is 12.5 Å². The van der Waals surface area contributed by atoms with Gasteiger partial charge in [0, 0.05) is 25.2 Å². The smallest absolute Gasteiger partial charge is 0.0244 e. The molecule has 0 aromatic carbocycles. The first kappa shape index (κ1) is 18.0. The highest BCUT2D eigenvalue weighted by molar-refractivity contribution is 4.90. The molecule has 0 spiro atoms. The molecular weight excluding hydrogens is 244 g/mol. The zero-order valence-corrected chi connectivity index (χ0v) is 14.8. The van der Waals surface area contributed by atoms with Gasteiger partial charge in [0.1, 0.15) is 0 Å². The Kier molecular flexibility index (Phi) is 7.53. The van der Waals surface area contributed by atoms with Gasteiger partial charge in [-0.3, -0.25) is 4.90 Å². The quantitative estimate of drug-likeness (QED) is 0.700. The minimum absolute atomic E-state index is 0.371. The molecule has 1 rings (SSSR count). The van der Waals surface area contributed by atoms with E-state index in [9.17, 15) is 0 Å². The first-order valence-electron chi connectivity index (χ1n) is 8.78. The summed E-state index contributed by atoms with van der Waals surface area (Å²) in [6.07, 6.45) is 7.01. The zero-order chi connectivity index (χ0) is 15.2. The van der Waals surface area contributed by atoms with Crippen molar-refractivity contribution in [3.05, 3.63) is 0 Å². The molecule has 2 atom stereocenters. The predicted molar refractivity (Wildman–Crippen MR) is 90.2 cm³/mol. The second-order valence-corrected chi connectivity index (χ2v) is 8.27. The van der Waals surface area contributed by atoms with Crippen LogP contribution in [0.15, 0.2) is 0 Å². The Hall–Kier alpha value is -0.0800. The summed E-state index contributed by atoms with van der Waals surface area (Å²) in [5, 5.41) is 3.72. The predicted octanol–water partition coefficient (Wildman–Crippen LogP) is 4.30. The molecule has 0 aliphatic carbocycles. The summed E-state index contributed by atoms with van der Waals surface area (Å²) in [6, 6.07) is 1.34. The Bertz CT molecular complexity index is 255. The van der Waals surface area contributed by atoms with E-state index in [-0.39, 0.29) is 0 Å². The molecular formula is C18H38N2. The summed E-state index contributed by atoms with van der Waals surface area (Å²) < 4.78 is 0. The minimum atomic E-state index is 0.371. The van der Waals surface area contributed by atoms with Crippen molar-refractivity contribution in [3.8, 4) is 0 Å². The van der Waals surface area contributed by atoms with E-state index < -0.39 is 0 Å². The normalized spacial score (nSPS) is 25.4. The summed E-state index contributed by atoms with van der Waals surface area (Å²) in [5.41, 5.74) is 0.371. The van der Waals surface area contributed by atoms with Gasteiger partial charge in [-0.25, -0.2) is 0 Å². The summed E-state index contributed by atoms with van der Waals surface area (Å²) in [6.45, 7) is 17.7. The van der Waals surface area contributed by atoms with E-state index in [1.54, 1.807) is 0 Å². The van der Waals surface area contributed by atoms with Crippen LogP contribution in [0.3, 0.4) is 0 Å². The van der Waals surface area contributed by atoms with E-state index in [1.807, 2.05) is 0 Å². The minimum Gasteiger partial charge on any atom is -0.311 e. The summed E-state index contributed by atoms with van der Waals surface area (Å²) in [5.74, 6) is 0.871. The average Bonchev–Trinajstić information content (AvgIpc) is 2.33. The largest absolute Gasteiger partial charge is 0.311 e.